The van der Waals surface area contributed by atoms with Gasteiger partial charge in [-0.1, -0.05) is 91.0 Å². The van der Waals surface area contributed by atoms with Crippen molar-refractivity contribution in [1.82, 2.24) is 4.98 Å². The van der Waals surface area contributed by atoms with Gasteiger partial charge in [0.2, 0.25) is 5.89 Å². The molecule has 0 aliphatic carbocycles. The Bertz CT molecular complexity index is 3120. The van der Waals surface area contributed by atoms with Gasteiger partial charge in [0.1, 0.15) is 16.7 Å². The highest BCUT2D eigenvalue weighted by atomic mass is 32.1. The Labute approximate surface area is 290 Å². The topological polar surface area (TPSA) is 42.4 Å². The summed E-state index contributed by atoms with van der Waals surface area (Å²) in [7, 11) is 0. The van der Waals surface area contributed by atoms with Crippen LogP contribution in [0.4, 0.5) is 17.1 Å². The minimum Gasteiger partial charge on any atom is -0.456 e. The van der Waals surface area contributed by atoms with Crippen LogP contribution in [-0.4, -0.2) is 4.98 Å². The fraction of sp³-hybridized carbons (Fsp3) is 0. The summed E-state index contributed by atoms with van der Waals surface area (Å²) in [6.45, 7) is 0. The highest BCUT2D eigenvalue weighted by molar-refractivity contribution is 7.26. The molecule has 0 aliphatic heterocycles. The van der Waals surface area contributed by atoms with Gasteiger partial charge in [-0.15, -0.1) is 11.3 Å². The fourth-order valence-electron chi connectivity index (χ4n) is 7.61. The normalized spacial score (nSPS) is 12.0. The lowest BCUT2D eigenvalue weighted by Crippen LogP contribution is -2.09. The van der Waals surface area contributed by atoms with Crippen molar-refractivity contribution in [3.63, 3.8) is 0 Å². The SMILES string of the molecule is c1ccc(N(c2ccc3c(c2)oc2cccc(-c4nc5c(ccc6ccccc65)o4)c23)c2ccc3c(c2)sc2ccc4ccccc4c23)cc1. The van der Waals surface area contributed by atoms with Gasteiger partial charge in [-0.25, -0.2) is 4.98 Å². The van der Waals surface area contributed by atoms with Crippen LogP contribution >= 0.6 is 11.3 Å². The third-order valence-corrected chi connectivity index (χ3v) is 11.0. The van der Waals surface area contributed by atoms with E-state index in [1.54, 1.807) is 0 Å². The first-order valence-electron chi connectivity index (χ1n) is 16.7. The molecule has 5 heteroatoms. The molecule has 0 bridgehead atoms. The summed E-state index contributed by atoms with van der Waals surface area (Å²) in [4.78, 5) is 7.32. The van der Waals surface area contributed by atoms with Gasteiger partial charge in [-0.2, -0.15) is 0 Å². The van der Waals surface area contributed by atoms with E-state index >= 15 is 0 Å². The molecule has 0 atom stereocenters. The molecule has 0 aliphatic rings. The Balaban J connectivity index is 1.07. The lowest BCUT2D eigenvalue weighted by atomic mass is 10.0. The Kier molecular flexibility index (Phi) is 5.80. The van der Waals surface area contributed by atoms with Gasteiger partial charge in [-0.3, -0.25) is 0 Å². The van der Waals surface area contributed by atoms with Crippen LogP contribution in [0.3, 0.4) is 0 Å². The van der Waals surface area contributed by atoms with Crippen molar-refractivity contribution in [2.45, 2.75) is 0 Å². The van der Waals surface area contributed by atoms with Crippen molar-refractivity contribution in [3.8, 4) is 11.5 Å². The second-order valence-electron chi connectivity index (χ2n) is 12.7. The third-order valence-electron chi connectivity index (χ3n) is 9.87. The lowest BCUT2D eigenvalue weighted by molar-refractivity contribution is 0.620. The number of nitrogens with zero attached hydrogens (tertiary/aromatic N) is 2. The number of hydrogen-bond donors (Lipinski definition) is 0. The summed E-state index contributed by atoms with van der Waals surface area (Å²) in [5.41, 5.74) is 7.34. The van der Waals surface area contributed by atoms with E-state index in [1.807, 2.05) is 41.7 Å². The Morgan fingerprint density at radius 2 is 1.18 bits per heavy atom. The molecule has 0 unspecified atom stereocenters. The first kappa shape index (κ1) is 27.5. The van der Waals surface area contributed by atoms with Gasteiger partial charge >= 0.3 is 0 Å². The molecular formula is C45H26N2O2S. The molecule has 3 heterocycles. The van der Waals surface area contributed by atoms with E-state index in [0.717, 1.165) is 66.4 Å². The van der Waals surface area contributed by atoms with Crippen LogP contribution in [-0.2, 0) is 0 Å². The van der Waals surface area contributed by atoms with Gasteiger partial charge in [0, 0.05) is 65.0 Å². The average Bonchev–Trinajstić information content (AvgIpc) is 3.88. The molecule has 0 fully saturated rings. The van der Waals surface area contributed by atoms with Crippen LogP contribution in [0.2, 0.25) is 0 Å². The zero-order valence-electron chi connectivity index (χ0n) is 26.6. The molecule has 0 spiro atoms. The number of fused-ring (bicyclic) bond motifs is 11. The smallest absolute Gasteiger partial charge is 0.228 e. The fourth-order valence-corrected chi connectivity index (χ4v) is 8.76. The van der Waals surface area contributed by atoms with Crippen molar-refractivity contribution in [3.05, 3.63) is 158 Å². The Hall–Kier alpha value is -6.43. The van der Waals surface area contributed by atoms with E-state index in [0.29, 0.717) is 5.89 Å². The summed E-state index contributed by atoms with van der Waals surface area (Å²) < 4.78 is 15.5. The minimum atomic E-state index is 0.587. The maximum atomic E-state index is 6.58. The van der Waals surface area contributed by atoms with Crippen molar-refractivity contribution in [2.75, 3.05) is 4.90 Å². The largest absolute Gasteiger partial charge is 0.456 e. The van der Waals surface area contributed by atoms with Crippen LogP contribution in [0.15, 0.2) is 167 Å². The molecule has 4 nitrogen and oxygen atoms in total. The van der Waals surface area contributed by atoms with E-state index in [4.69, 9.17) is 13.8 Å². The van der Waals surface area contributed by atoms with Crippen molar-refractivity contribution >= 4 is 103 Å². The molecule has 234 valence electrons. The van der Waals surface area contributed by atoms with Crippen LogP contribution in [0, 0.1) is 0 Å². The zero-order valence-corrected chi connectivity index (χ0v) is 27.4. The Morgan fingerprint density at radius 1 is 0.440 bits per heavy atom. The molecule has 0 saturated heterocycles. The number of rotatable bonds is 4. The predicted octanol–water partition coefficient (Wildman–Crippen LogP) is 13.5. The average molecular weight is 659 g/mol. The van der Waals surface area contributed by atoms with Gasteiger partial charge < -0.3 is 13.7 Å². The van der Waals surface area contributed by atoms with Crippen LogP contribution in [0.5, 0.6) is 0 Å². The van der Waals surface area contributed by atoms with E-state index in [1.165, 1.54) is 30.9 Å². The summed E-state index contributed by atoms with van der Waals surface area (Å²) in [5.74, 6) is 0.587. The number of thiophene rings is 1. The van der Waals surface area contributed by atoms with Crippen molar-refractivity contribution in [2.24, 2.45) is 0 Å². The monoisotopic (exact) mass is 658 g/mol. The highest BCUT2D eigenvalue weighted by Crippen LogP contribution is 2.45. The summed E-state index contributed by atoms with van der Waals surface area (Å²) >= 11 is 1.85. The molecule has 3 aromatic heterocycles. The molecule has 0 saturated carbocycles. The number of furan rings is 1. The quantitative estimate of drug-likeness (QED) is 0.189. The maximum Gasteiger partial charge on any atom is 0.228 e. The first-order chi connectivity index (χ1) is 24.8. The van der Waals surface area contributed by atoms with Crippen molar-refractivity contribution in [1.29, 1.82) is 0 Å². The number of anilines is 3. The van der Waals surface area contributed by atoms with Crippen LogP contribution in [0.1, 0.15) is 0 Å². The lowest BCUT2D eigenvalue weighted by Gasteiger charge is -2.25. The number of aromatic nitrogens is 1. The minimum absolute atomic E-state index is 0.587. The van der Waals surface area contributed by atoms with Crippen LogP contribution < -0.4 is 4.90 Å². The molecule has 0 N–H and O–H groups in total. The second-order valence-corrected chi connectivity index (χ2v) is 13.8. The van der Waals surface area contributed by atoms with E-state index in [-0.39, 0.29) is 0 Å². The number of benzene rings is 8. The summed E-state index contributed by atoms with van der Waals surface area (Å²) in [5, 5.41) is 9.41. The van der Waals surface area contributed by atoms with Crippen LogP contribution in [0.25, 0.3) is 86.2 Å². The highest BCUT2D eigenvalue weighted by Gasteiger charge is 2.20. The van der Waals surface area contributed by atoms with Crippen molar-refractivity contribution < 1.29 is 8.83 Å². The zero-order chi connectivity index (χ0) is 32.8. The van der Waals surface area contributed by atoms with Gasteiger partial charge in [0.15, 0.2) is 5.58 Å². The van der Waals surface area contributed by atoms with Gasteiger partial charge in [0.05, 0.1) is 0 Å². The summed E-state index contributed by atoms with van der Waals surface area (Å²) in [6, 6.07) is 55.5. The summed E-state index contributed by atoms with van der Waals surface area (Å²) in [6.07, 6.45) is 0. The molecule has 0 radical (unpaired) electrons. The standard InChI is InChI=1S/C45H26N2O2S/c1-2-11-29(12-3-1)47(31-20-22-35-41(26-31)50-40-24-18-27-9-4-6-13-32(27)43(35)40)30-19-21-34-39(25-30)48-37-16-8-15-36(42(34)37)45-46-44-33-14-7-5-10-28(33)17-23-38(44)49-45/h1-26H. The third kappa shape index (κ3) is 4.08. The number of hydrogen-bond acceptors (Lipinski definition) is 5. The van der Waals surface area contributed by atoms with E-state index in [9.17, 15) is 0 Å². The predicted molar refractivity (Wildman–Crippen MR) is 209 cm³/mol. The molecule has 50 heavy (non-hydrogen) atoms. The van der Waals surface area contributed by atoms with E-state index < -0.39 is 0 Å². The number of oxazole rings is 1. The molecule has 0 amide bonds. The number of para-hydroxylation sites is 1. The van der Waals surface area contributed by atoms with Gasteiger partial charge in [-0.05, 0) is 76.8 Å². The second kappa shape index (κ2) is 10.5. The molecule has 11 rings (SSSR count). The molecule has 8 aromatic carbocycles. The Morgan fingerprint density at radius 3 is 2.06 bits per heavy atom. The first-order valence-corrected chi connectivity index (χ1v) is 17.5. The molecule has 11 aromatic rings. The van der Waals surface area contributed by atoms with Gasteiger partial charge in [0.25, 0.3) is 0 Å². The van der Waals surface area contributed by atoms with E-state index in [2.05, 4.69) is 132 Å². The molecular weight excluding hydrogens is 633 g/mol. The maximum absolute atomic E-state index is 6.58.